The summed E-state index contributed by atoms with van der Waals surface area (Å²) in [6, 6.07) is 3.79. The maximum absolute atomic E-state index is 12.5. The van der Waals surface area contributed by atoms with Gasteiger partial charge in [0.05, 0.1) is 18.6 Å². The van der Waals surface area contributed by atoms with Crippen molar-refractivity contribution in [3.05, 3.63) is 23.8 Å². The van der Waals surface area contributed by atoms with E-state index in [9.17, 15) is 23.1 Å². The van der Waals surface area contributed by atoms with Gasteiger partial charge in [0.1, 0.15) is 17.1 Å². The molecule has 26 heavy (non-hydrogen) atoms. The molecule has 0 aromatic heterocycles. The zero-order chi connectivity index (χ0) is 18.9. The van der Waals surface area contributed by atoms with Gasteiger partial charge in [-0.05, 0) is 31.4 Å². The summed E-state index contributed by atoms with van der Waals surface area (Å²) in [6.07, 6.45) is 2.07. The zero-order valence-electron chi connectivity index (χ0n) is 14.4. The third kappa shape index (κ3) is 4.09. The molecule has 1 aliphatic heterocycles. The maximum atomic E-state index is 12.5. The molecule has 0 unspecified atom stereocenters. The van der Waals surface area contributed by atoms with Crippen molar-refractivity contribution < 1.29 is 32.6 Å². The predicted octanol–water partition coefficient (Wildman–Crippen LogP) is 0.736. The fourth-order valence-corrected chi connectivity index (χ4v) is 4.85. The number of sulfone groups is 1. The zero-order valence-corrected chi connectivity index (χ0v) is 15.2. The molecule has 1 atom stereocenters. The highest BCUT2D eigenvalue weighted by molar-refractivity contribution is 7.91. The molecular formula is C17H21NO7S. The number of hydrogen-bond acceptors (Lipinski definition) is 7. The van der Waals surface area contributed by atoms with Gasteiger partial charge in [-0.1, -0.05) is 0 Å². The van der Waals surface area contributed by atoms with Gasteiger partial charge in [0, 0.05) is 18.2 Å². The molecule has 0 spiro atoms. The largest absolute Gasteiger partial charge is 0.507 e. The number of rotatable bonds is 6. The Hall–Kier alpha value is -2.29. The number of nitrogens with zero attached hydrogens (tertiary/aromatic N) is 1. The molecule has 8 nitrogen and oxygen atoms in total. The van der Waals surface area contributed by atoms with Crippen molar-refractivity contribution in [1.82, 2.24) is 4.90 Å². The third-order valence-corrected chi connectivity index (χ3v) is 6.33. The highest BCUT2D eigenvalue weighted by atomic mass is 32.2. The molecule has 2 fully saturated rings. The van der Waals surface area contributed by atoms with Gasteiger partial charge in [0.25, 0.3) is 5.91 Å². The number of carbonyl (C=O) groups is 2. The van der Waals surface area contributed by atoms with Crippen molar-refractivity contribution in [2.45, 2.75) is 31.3 Å². The maximum Gasteiger partial charge on any atom is 0.342 e. The lowest BCUT2D eigenvalue weighted by molar-refractivity contribution is -0.137. The molecule has 0 bridgehead atoms. The Morgan fingerprint density at radius 3 is 2.50 bits per heavy atom. The summed E-state index contributed by atoms with van der Waals surface area (Å²) in [5.74, 6) is -1.11. The summed E-state index contributed by atoms with van der Waals surface area (Å²) < 4.78 is 33.4. The fourth-order valence-electron chi connectivity index (χ4n) is 3.14. The van der Waals surface area contributed by atoms with Crippen molar-refractivity contribution in [1.29, 1.82) is 0 Å². The molecule has 1 aliphatic carbocycles. The van der Waals surface area contributed by atoms with Crippen LogP contribution >= 0.6 is 0 Å². The monoisotopic (exact) mass is 383 g/mol. The summed E-state index contributed by atoms with van der Waals surface area (Å²) in [7, 11) is -1.68. The summed E-state index contributed by atoms with van der Waals surface area (Å²) in [5.41, 5.74) is -0.0694. The smallest absolute Gasteiger partial charge is 0.342 e. The standard InChI is InChI=1S/C17H21NO7S/c1-24-13-4-5-14(15(19)8-13)17(21)25-9-16(20)18(11-2-3-11)12-6-7-26(22,23)10-12/h4-5,8,11-12,19H,2-3,6-7,9-10H2,1H3/t12-/m1/s1. The van der Waals surface area contributed by atoms with E-state index < -0.39 is 28.3 Å². The Kier molecular flexibility index (Phi) is 5.08. The van der Waals surface area contributed by atoms with Crippen LogP contribution in [0, 0.1) is 0 Å². The van der Waals surface area contributed by atoms with Crippen molar-refractivity contribution >= 4 is 21.7 Å². The number of benzene rings is 1. The van der Waals surface area contributed by atoms with Gasteiger partial charge in [0.15, 0.2) is 16.4 Å². The first-order chi connectivity index (χ1) is 12.3. The van der Waals surface area contributed by atoms with Crippen LogP contribution in [-0.4, -0.2) is 67.6 Å². The minimum Gasteiger partial charge on any atom is -0.507 e. The first kappa shape index (κ1) is 18.5. The molecule has 1 N–H and O–H groups in total. The van der Waals surface area contributed by atoms with Gasteiger partial charge in [-0.15, -0.1) is 0 Å². The van der Waals surface area contributed by atoms with E-state index in [4.69, 9.17) is 9.47 Å². The third-order valence-electron chi connectivity index (χ3n) is 4.58. The van der Waals surface area contributed by atoms with Crippen LogP contribution in [0.4, 0.5) is 0 Å². The Balaban J connectivity index is 1.62. The lowest BCUT2D eigenvalue weighted by atomic mass is 10.2. The molecule has 3 rings (SSSR count). The van der Waals surface area contributed by atoms with Gasteiger partial charge in [-0.25, -0.2) is 13.2 Å². The molecule has 1 saturated heterocycles. The van der Waals surface area contributed by atoms with Gasteiger partial charge >= 0.3 is 5.97 Å². The van der Waals surface area contributed by atoms with Crippen LogP contribution in [0.5, 0.6) is 11.5 Å². The molecule has 1 saturated carbocycles. The summed E-state index contributed by atoms with van der Waals surface area (Å²) >= 11 is 0. The van der Waals surface area contributed by atoms with E-state index in [1.165, 1.54) is 25.3 Å². The van der Waals surface area contributed by atoms with E-state index >= 15 is 0 Å². The number of carbonyl (C=O) groups excluding carboxylic acids is 2. The SMILES string of the molecule is COc1ccc(C(=O)OCC(=O)N(C2CC2)[C@@H]2CCS(=O)(=O)C2)c(O)c1. The highest BCUT2D eigenvalue weighted by Gasteiger charge is 2.42. The summed E-state index contributed by atoms with van der Waals surface area (Å²) in [5, 5.41) is 9.85. The highest BCUT2D eigenvalue weighted by Crippen LogP contribution is 2.32. The normalized spacial score (nSPS) is 21.2. The molecule has 0 radical (unpaired) electrons. The average molecular weight is 383 g/mol. The van der Waals surface area contributed by atoms with Crippen LogP contribution in [-0.2, 0) is 19.4 Å². The number of phenolic OH excluding ortho intramolecular Hbond substituents is 1. The van der Waals surface area contributed by atoms with E-state index in [2.05, 4.69) is 0 Å². The predicted molar refractivity (Wildman–Crippen MR) is 91.9 cm³/mol. The number of methoxy groups -OCH3 is 1. The number of ether oxygens (including phenoxy) is 2. The molecule has 2 aliphatic rings. The van der Waals surface area contributed by atoms with Crippen LogP contribution in [0.25, 0.3) is 0 Å². The van der Waals surface area contributed by atoms with E-state index in [1.54, 1.807) is 4.90 Å². The molecule has 1 aromatic carbocycles. The Labute approximate surface area is 151 Å². The van der Waals surface area contributed by atoms with E-state index in [1.807, 2.05) is 0 Å². The topological polar surface area (TPSA) is 110 Å². The average Bonchev–Trinajstić information content (AvgIpc) is 3.35. The minimum atomic E-state index is -3.11. The second-order valence-corrected chi connectivity index (χ2v) is 8.78. The van der Waals surface area contributed by atoms with E-state index in [0.29, 0.717) is 12.2 Å². The first-order valence-electron chi connectivity index (χ1n) is 8.36. The van der Waals surface area contributed by atoms with Gasteiger partial charge in [-0.3, -0.25) is 4.79 Å². The summed E-state index contributed by atoms with van der Waals surface area (Å²) in [4.78, 5) is 26.2. The van der Waals surface area contributed by atoms with Crippen molar-refractivity contribution in [3.8, 4) is 11.5 Å². The van der Waals surface area contributed by atoms with Crippen LogP contribution < -0.4 is 4.74 Å². The molecule has 142 valence electrons. The van der Waals surface area contributed by atoms with E-state index in [0.717, 1.165) is 12.8 Å². The Bertz CT molecular complexity index is 816. The van der Waals surface area contributed by atoms with E-state index in [-0.39, 0.29) is 34.9 Å². The van der Waals surface area contributed by atoms with Crippen LogP contribution in [0.1, 0.15) is 29.6 Å². The second kappa shape index (κ2) is 7.14. The van der Waals surface area contributed by atoms with Gasteiger partial charge in [0.2, 0.25) is 0 Å². The fraction of sp³-hybridized carbons (Fsp3) is 0.529. The van der Waals surface area contributed by atoms with Crippen LogP contribution in [0.2, 0.25) is 0 Å². The quantitative estimate of drug-likeness (QED) is 0.721. The van der Waals surface area contributed by atoms with Gasteiger partial charge in [-0.2, -0.15) is 0 Å². The Morgan fingerprint density at radius 1 is 1.23 bits per heavy atom. The molecule has 1 amide bonds. The van der Waals surface area contributed by atoms with Gasteiger partial charge < -0.3 is 19.5 Å². The van der Waals surface area contributed by atoms with Crippen molar-refractivity contribution in [3.63, 3.8) is 0 Å². The second-order valence-electron chi connectivity index (χ2n) is 6.55. The molecular weight excluding hydrogens is 362 g/mol. The lowest BCUT2D eigenvalue weighted by Gasteiger charge is -2.28. The molecule has 1 heterocycles. The number of esters is 1. The number of aromatic hydroxyl groups is 1. The minimum absolute atomic E-state index is 0.0221. The van der Waals surface area contributed by atoms with Crippen LogP contribution in [0.3, 0.4) is 0 Å². The first-order valence-corrected chi connectivity index (χ1v) is 10.2. The van der Waals surface area contributed by atoms with Crippen molar-refractivity contribution in [2.24, 2.45) is 0 Å². The number of hydrogen-bond donors (Lipinski definition) is 1. The van der Waals surface area contributed by atoms with Crippen molar-refractivity contribution in [2.75, 3.05) is 25.2 Å². The molecule has 1 aromatic rings. The molecule has 9 heteroatoms. The number of phenols is 1. The lowest BCUT2D eigenvalue weighted by Crippen LogP contribution is -2.44. The summed E-state index contributed by atoms with van der Waals surface area (Å²) in [6.45, 7) is -0.489. The Morgan fingerprint density at radius 2 is 1.96 bits per heavy atom. The number of amides is 1. The van der Waals surface area contributed by atoms with Crippen LogP contribution in [0.15, 0.2) is 18.2 Å².